The van der Waals surface area contributed by atoms with Crippen LogP contribution in [-0.4, -0.2) is 35.1 Å². The highest BCUT2D eigenvalue weighted by Crippen LogP contribution is 2.28. The molecule has 2 rings (SSSR count). The van der Waals surface area contributed by atoms with Gasteiger partial charge >= 0.3 is 5.97 Å². The maximum atomic E-state index is 10.9. The van der Waals surface area contributed by atoms with Gasteiger partial charge in [0, 0.05) is 6.04 Å². The smallest absolute Gasteiger partial charge is 0.320 e. The lowest BCUT2D eigenvalue weighted by Crippen LogP contribution is -2.36. The van der Waals surface area contributed by atoms with E-state index in [1.165, 1.54) is 12.8 Å². The number of likely N-dealkylation sites (tertiary alicyclic amines) is 1. The Morgan fingerprint density at radius 1 is 1.28 bits per heavy atom. The molecule has 1 aromatic carbocycles. The number of hydrogen-bond acceptors (Lipinski definition) is 3. The predicted octanol–water partition coefficient (Wildman–Crippen LogP) is 1.63. The van der Waals surface area contributed by atoms with Gasteiger partial charge in [0.25, 0.3) is 0 Å². The minimum absolute atomic E-state index is 0.125. The minimum atomic E-state index is -0.921. The van der Waals surface area contributed by atoms with Crippen molar-refractivity contribution in [3.8, 4) is 0 Å². The highest BCUT2D eigenvalue weighted by Gasteiger charge is 2.27. The number of rotatable bonds is 5. The first kappa shape index (κ1) is 13.1. The fraction of sp³-hybridized carbons (Fsp3) is 0.500. The van der Waals surface area contributed by atoms with Crippen molar-refractivity contribution in [1.29, 1.82) is 0 Å². The zero-order valence-electron chi connectivity index (χ0n) is 10.5. The molecule has 0 unspecified atom stereocenters. The monoisotopic (exact) mass is 248 g/mol. The highest BCUT2D eigenvalue weighted by molar-refractivity contribution is 5.73. The van der Waals surface area contributed by atoms with Gasteiger partial charge in [0.1, 0.15) is 6.04 Å². The average molecular weight is 248 g/mol. The predicted molar refractivity (Wildman–Crippen MR) is 70.2 cm³/mol. The molecule has 1 saturated heterocycles. The Bertz CT molecular complexity index is 388. The first-order valence-electron chi connectivity index (χ1n) is 6.46. The van der Waals surface area contributed by atoms with Crippen molar-refractivity contribution in [1.82, 2.24) is 4.90 Å². The van der Waals surface area contributed by atoms with Gasteiger partial charge in [-0.25, -0.2) is 0 Å². The minimum Gasteiger partial charge on any atom is -0.480 e. The molecule has 0 aromatic heterocycles. The molecule has 0 bridgehead atoms. The van der Waals surface area contributed by atoms with Crippen LogP contribution in [0.4, 0.5) is 0 Å². The number of nitrogens with zero attached hydrogens (tertiary/aromatic N) is 1. The maximum absolute atomic E-state index is 10.9. The summed E-state index contributed by atoms with van der Waals surface area (Å²) >= 11 is 0. The first-order chi connectivity index (χ1) is 8.68. The van der Waals surface area contributed by atoms with E-state index < -0.39 is 12.0 Å². The molecular weight excluding hydrogens is 228 g/mol. The lowest BCUT2D eigenvalue weighted by atomic mass is 9.98. The van der Waals surface area contributed by atoms with Gasteiger partial charge in [0.15, 0.2) is 0 Å². The molecule has 1 aliphatic heterocycles. The maximum Gasteiger partial charge on any atom is 0.320 e. The molecule has 1 heterocycles. The number of hydrogen-bond donors (Lipinski definition) is 2. The molecule has 4 heteroatoms. The van der Waals surface area contributed by atoms with Crippen molar-refractivity contribution >= 4 is 5.97 Å². The van der Waals surface area contributed by atoms with Crippen molar-refractivity contribution in [2.45, 2.75) is 31.3 Å². The lowest BCUT2D eigenvalue weighted by molar-refractivity contribution is -0.139. The summed E-state index contributed by atoms with van der Waals surface area (Å²) in [6, 6.07) is 9.39. The zero-order valence-corrected chi connectivity index (χ0v) is 10.5. The van der Waals surface area contributed by atoms with E-state index in [4.69, 9.17) is 10.8 Å². The molecule has 1 aliphatic rings. The average Bonchev–Trinajstić information content (AvgIpc) is 2.90. The summed E-state index contributed by atoms with van der Waals surface area (Å²) in [6.07, 6.45) is 2.84. The summed E-state index contributed by atoms with van der Waals surface area (Å²) in [7, 11) is 0. The SMILES string of the molecule is N[C@@H](C[C@H](c1ccccc1)N1CCCC1)C(=O)O. The largest absolute Gasteiger partial charge is 0.480 e. The van der Waals surface area contributed by atoms with Crippen molar-refractivity contribution in [2.75, 3.05) is 13.1 Å². The second kappa shape index (κ2) is 5.98. The third-order valence-electron chi connectivity index (χ3n) is 3.56. The van der Waals surface area contributed by atoms with E-state index in [2.05, 4.69) is 17.0 Å². The fourth-order valence-corrected chi connectivity index (χ4v) is 2.57. The highest BCUT2D eigenvalue weighted by atomic mass is 16.4. The van der Waals surface area contributed by atoms with E-state index in [1.807, 2.05) is 18.2 Å². The van der Waals surface area contributed by atoms with Crippen molar-refractivity contribution < 1.29 is 9.90 Å². The van der Waals surface area contributed by atoms with Crippen LogP contribution in [0.3, 0.4) is 0 Å². The summed E-state index contributed by atoms with van der Waals surface area (Å²) < 4.78 is 0. The Labute approximate surface area is 107 Å². The molecule has 0 spiro atoms. The molecule has 1 aromatic rings. The summed E-state index contributed by atoms with van der Waals surface area (Å²) in [4.78, 5) is 13.3. The van der Waals surface area contributed by atoms with Gasteiger partial charge in [0.05, 0.1) is 0 Å². The molecule has 2 atom stereocenters. The van der Waals surface area contributed by atoms with E-state index in [-0.39, 0.29) is 6.04 Å². The van der Waals surface area contributed by atoms with Gasteiger partial charge in [-0.3, -0.25) is 9.69 Å². The Kier molecular flexibility index (Phi) is 4.33. The molecular formula is C14H20N2O2. The summed E-state index contributed by atoms with van der Waals surface area (Å²) in [5, 5.41) is 8.98. The number of carboxylic acid groups (broad SMARTS) is 1. The van der Waals surface area contributed by atoms with Crippen LogP contribution in [-0.2, 0) is 4.79 Å². The number of benzene rings is 1. The molecule has 1 fully saturated rings. The fourth-order valence-electron chi connectivity index (χ4n) is 2.57. The van der Waals surface area contributed by atoms with Crippen LogP contribution in [0.5, 0.6) is 0 Å². The van der Waals surface area contributed by atoms with Gasteiger partial charge < -0.3 is 10.8 Å². The van der Waals surface area contributed by atoms with E-state index in [9.17, 15) is 4.79 Å². The van der Waals surface area contributed by atoms with E-state index in [1.54, 1.807) is 0 Å². The van der Waals surface area contributed by atoms with E-state index in [0.29, 0.717) is 6.42 Å². The van der Waals surface area contributed by atoms with Crippen LogP contribution >= 0.6 is 0 Å². The number of aliphatic carboxylic acids is 1. The Hall–Kier alpha value is -1.39. The summed E-state index contributed by atoms with van der Waals surface area (Å²) in [6.45, 7) is 2.07. The molecule has 0 saturated carbocycles. The van der Waals surface area contributed by atoms with Gasteiger partial charge in [0.2, 0.25) is 0 Å². The van der Waals surface area contributed by atoms with Gasteiger partial charge in [-0.15, -0.1) is 0 Å². The van der Waals surface area contributed by atoms with Crippen molar-refractivity contribution in [3.05, 3.63) is 35.9 Å². The normalized spacial score (nSPS) is 19.6. The Morgan fingerprint density at radius 2 is 1.89 bits per heavy atom. The third kappa shape index (κ3) is 3.09. The first-order valence-corrected chi connectivity index (χ1v) is 6.46. The molecule has 0 aliphatic carbocycles. The van der Waals surface area contributed by atoms with Crippen LogP contribution in [0.1, 0.15) is 30.9 Å². The molecule has 0 amide bonds. The molecule has 18 heavy (non-hydrogen) atoms. The third-order valence-corrected chi connectivity index (χ3v) is 3.56. The van der Waals surface area contributed by atoms with Crippen molar-refractivity contribution in [2.24, 2.45) is 5.73 Å². The quantitative estimate of drug-likeness (QED) is 0.831. The van der Waals surface area contributed by atoms with Crippen LogP contribution in [0.2, 0.25) is 0 Å². The van der Waals surface area contributed by atoms with Gasteiger partial charge in [-0.05, 0) is 37.9 Å². The molecule has 3 N–H and O–H groups in total. The van der Waals surface area contributed by atoms with E-state index >= 15 is 0 Å². The number of nitrogens with two attached hydrogens (primary N) is 1. The van der Waals surface area contributed by atoms with Gasteiger partial charge in [-0.2, -0.15) is 0 Å². The Morgan fingerprint density at radius 3 is 2.44 bits per heavy atom. The molecule has 4 nitrogen and oxygen atoms in total. The van der Waals surface area contributed by atoms with Crippen LogP contribution in [0.25, 0.3) is 0 Å². The van der Waals surface area contributed by atoms with Crippen LogP contribution in [0, 0.1) is 0 Å². The second-order valence-electron chi connectivity index (χ2n) is 4.85. The summed E-state index contributed by atoms with van der Waals surface area (Å²) in [5.41, 5.74) is 6.86. The lowest BCUT2D eigenvalue weighted by Gasteiger charge is -2.29. The standard InChI is InChI=1S/C14H20N2O2/c15-12(14(17)18)10-13(16-8-4-5-9-16)11-6-2-1-3-7-11/h1-3,6-7,12-13H,4-5,8-10,15H2,(H,17,18)/t12-,13+/m0/s1. The van der Waals surface area contributed by atoms with Gasteiger partial charge in [-0.1, -0.05) is 30.3 Å². The summed E-state index contributed by atoms with van der Waals surface area (Å²) in [5.74, 6) is -0.921. The molecule has 98 valence electrons. The second-order valence-corrected chi connectivity index (χ2v) is 4.85. The topological polar surface area (TPSA) is 66.6 Å². The van der Waals surface area contributed by atoms with E-state index in [0.717, 1.165) is 18.7 Å². The van der Waals surface area contributed by atoms with Crippen LogP contribution in [0.15, 0.2) is 30.3 Å². The van der Waals surface area contributed by atoms with Crippen molar-refractivity contribution in [3.63, 3.8) is 0 Å². The number of carboxylic acids is 1. The zero-order chi connectivity index (χ0) is 13.0. The Balaban J connectivity index is 2.15. The number of carbonyl (C=O) groups is 1. The van der Waals surface area contributed by atoms with Crippen LogP contribution < -0.4 is 5.73 Å². The molecule has 0 radical (unpaired) electrons.